The lowest BCUT2D eigenvalue weighted by molar-refractivity contribution is -0.119. The summed E-state index contributed by atoms with van der Waals surface area (Å²) < 4.78 is 22.7. The summed E-state index contributed by atoms with van der Waals surface area (Å²) in [6.07, 6.45) is 0.425. The number of sulfone groups is 1. The average Bonchev–Trinajstić information content (AvgIpc) is 2.69. The number of carbonyl (C=O) groups is 1. The van der Waals surface area contributed by atoms with Crippen LogP contribution in [0.25, 0.3) is 0 Å². The molecule has 1 aliphatic rings. The van der Waals surface area contributed by atoms with Crippen LogP contribution in [0.3, 0.4) is 0 Å². The van der Waals surface area contributed by atoms with Gasteiger partial charge in [-0.15, -0.1) is 0 Å². The number of benzene rings is 1. The fourth-order valence-electron chi connectivity index (χ4n) is 2.30. The van der Waals surface area contributed by atoms with Crippen molar-refractivity contribution in [3.63, 3.8) is 0 Å². The highest BCUT2D eigenvalue weighted by molar-refractivity contribution is 7.91. The van der Waals surface area contributed by atoms with Gasteiger partial charge < -0.3 is 5.32 Å². The summed E-state index contributed by atoms with van der Waals surface area (Å²) in [7, 11) is -3.02. The van der Waals surface area contributed by atoms with Gasteiger partial charge in [-0.25, -0.2) is 8.42 Å². The Morgan fingerprint density at radius 2 is 1.80 bits per heavy atom. The number of hydrogen-bond donors (Lipinski definition) is 1. The number of hydrogen-bond acceptors (Lipinski definition) is 3. The Hall–Kier alpha value is -1.36. The SMILES string of the molecule is CC(C)(C)c1ccc(NC(=O)C2CCS(=O)(=O)C2)cc1. The lowest BCUT2D eigenvalue weighted by Gasteiger charge is -2.19. The Morgan fingerprint density at radius 1 is 1.20 bits per heavy atom. The molecule has 1 aromatic rings. The van der Waals surface area contributed by atoms with E-state index in [1.165, 1.54) is 5.56 Å². The van der Waals surface area contributed by atoms with Gasteiger partial charge in [0.2, 0.25) is 5.91 Å². The second-order valence-corrected chi connectivity index (χ2v) is 8.65. The molecule has 1 unspecified atom stereocenters. The molecule has 110 valence electrons. The van der Waals surface area contributed by atoms with Crippen LogP contribution in [0.15, 0.2) is 24.3 Å². The summed E-state index contributed by atoms with van der Waals surface area (Å²) in [5.74, 6) is -0.524. The van der Waals surface area contributed by atoms with Crippen molar-refractivity contribution in [3.05, 3.63) is 29.8 Å². The van der Waals surface area contributed by atoms with Gasteiger partial charge >= 0.3 is 0 Å². The van der Waals surface area contributed by atoms with Crippen molar-refractivity contribution in [2.75, 3.05) is 16.8 Å². The van der Waals surface area contributed by atoms with Crippen LogP contribution in [0, 0.1) is 5.92 Å². The number of anilines is 1. The molecule has 2 rings (SSSR count). The van der Waals surface area contributed by atoms with Crippen LogP contribution >= 0.6 is 0 Å². The molecule has 5 heteroatoms. The quantitative estimate of drug-likeness (QED) is 0.911. The molecule has 0 aromatic heterocycles. The number of rotatable bonds is 2. The predicted molar refractivity (Wildman–Crippen MR) is 80.5 cm³/mol. The molecule has 1 heterocycles. The molecule has 1 atom stereocenters. The zero-order valence-electron chi connectivity index (χ0n) is 12.1. The van der Waals surface area contributed by atoms with Crippen LogP contribution in [-0.2, 0) is 20.0 Å². The normalized spacial score (nSPS) is 21.6. The highest BCUT2D eigenvalue weighted by atomic mass is 32.2. The van der Waals surface area contributed by atoms with E-state index < -0.39 is 15.8 Å². The van der Waals surface area contributed by atoms with E-state index >= 15 is 0 Å². The molecule has 1 fully saturated rings. The predicted octanol–water partition coefficient (Wildman–Crippen LogP) is 2.36. The van der Waals surface area contributed by atoms with Gasteiger partial charge in [0.1, 0.15) is 0 Å². The average molecular weight is 295 g/mol. The van der Waals surface area contributed by atoms with Gasteiger partial charge in [-0.05, 0) is 29.5 Å². The third kappa shape index (κ3) is 3.60. The van der Waals surface area contributed by atoms with Gasteiger partial charge in [-0.3, -0.25) is 4.79 Å². The smallest absolute Gasteiger partial charge is 0.228 e. The van der Waals surface area contributed by atoms with Crippen LogP contribution in [0.1, 0.15) is 32.8 Å². The van der Waals surface area contributed by atoms with Crippen molar-refractivity contribution in [1.82, 2.24) is 0 Å². The molecule has 20 heavy (non-hydrogen) atoms. The minimum atomic E-state index is -3.02. The van der Waals surface area contributed by atoms with E-state index in [-0.39, 0.29) is 22.8 Å². The first-order chi connectivity index (χ1) is 9.17. The zero-order valence-corrected chi connectivity index (χ0v) is 13.0. The van der Waals surface area contributed by atoms with Crippen molar-refractivity contribution >= 4 is 21.4 Å². The lowest BCUT2D eigenvalue weighted by Crippen LogP contribution is -2.23. The summed E-state index contributed by atoms with van der Waals surface area (Å²) >= 11 is 0. The van der Waals surface area contributed by atoms with E-state index in [2.05, 4.69) is 26.1 Å². The first kappa shape index (κ1) is 15.0. The van der Waals surface area contributed by atoms with E-state index in [0.717, 1.165) is 0 Å². The molecule has 1 saturated heterocycles. The minimum absolute atomic E-state index is 0.0289. The molecule has 4 nitrogen and oxygen atoms in total. The van der Waals surface area contributed by atoms with E-state index in [1.54, 1.807) is 0 Å². The van der Waals surface area contributed by atoms with Gasteiger partial charge in [0.25, 0.3) is 0 Å². The summed E-state index contributed by atoms with van der Waals surface area (Å²) in [6.45, 7) is 6.39. The van der Waals surface area contributed by atoms with Crippen molar-refractivity contribution in [3.8, 4) is 0 Å². The lowest BCUT2D eigenvalue weighted by atomic mass is 9.87. The molecule has 1 N–H and O–H groups in total. The maximum Gasteiger partial charge on any atom is 0.228 e. The molecular formula is C15H21NO3S. The highest BCUT2D eigenvalue weighted by Crippen LogP contribution is 2.24. The third-order valence-corrected chi connectivity index (χ3v) is 5.39. The van der Waals surface area contributed by atoms with E-state index in [9.17, 15) is 13.2 Å². The Balaban J connectivity index is 2.02. The van der Waals surface area contributed by atoms with Gasteiger partial charge in [0.05, 0.1) is 17.4 Å². The summed E-state index contributed by atoms with van der Waals surface area (Å²) in [5, 5.41) is 2.80. The number of amides is 1. The van der Waals surface area contributed by atoms with Crippen molar-refractivity contribution < 1.29 is 13.2 Å². The first-order valence-corrected chi connectivity index (χ1v) is 8.61. The fourth-order valence-corrected chi connectivity index (χ4v) is 4.04. The maximum absolute atomic E-state index is 12.0. The molecule has 1 aliphatic heterocycles. The monoisotopic (exact) mass is 295 g/mol. The van der Waals surface area contributed by atoms with Crippen LogP contribution in [-0.4, -0.2) is 25.8 Å². The van der Waals surface area contributed by atoms with Gasteiger partial charge in [-0.1, -0.05) is 32.9 Å². The van der Waals surface area contributed by atoms with Crippen molar-refractivity contribution in [1.29, 1.82) is 0 Å². The minimum Gasteiger partial charge on any atom is -0.326 e. The molecule has 0 saturated carbocycles. The Morgan fingerprint density at radius 3 is 2.25 bits per heavy atom. The van der Waals surface area contributed by atoms with Crippen LogP contribution < -0.4 is 5.32 Å². The maximum atomic E-state index is 12.0. The second-order valence-electron chi connectivity index (χ2n) is 6.42. The van der Waals surface area contributed by atoms with Crippen LogP contribution in [0.4, 0.5) is 5.69 Å². The second kappa shape index (κ2) is 5.20. The zero-order chi connectivity index (χ0) is 15.0. The third-order valence-electron chi connectivity index (χ3n) is 3.62. The van der Waals surface area contributed by atoms with Crippen LogP contribution in [0.5, 0.6) is 0 Å². The Labute approximate surface area is 120 Å². The molecule has 1 aromatic carbocycles. The van der Waals surface area contributed by atoms with Gasteiger partial charge in [0.15, 0.2) is 9.84 Å². The highest BCUT2D eigenvalue weighted by Gasteiger charge is 2.32. The molecular weight excluding hydrogens is 274 g/mol. The number of nitrogens with one attached hydrogen (secondary N) is 1. The Bertz CT molecular complexity index is 597. The van der Waals surface area contributed by atoms with E-state index in [0.29, 0.717) is 12.1 Å². The topological polar surface area (TPSA) is 63.2 Å². The van der Waals surface area contributed by atoms with Crippen molar-refractivity contribution in [2.24, 2.45) is 5.92 Å². The van der Waals surface area contributed by atoms with E-state index in [1.807, 2.05) is 24.3 Å². The standard InChI is InChI=1S/C15H21NO3S/c1-15(2,3)12-4-6-13(7-5-12)16-14(17)11-8-9-20(18,19)10-11/h4-7,11H,8-10H2,1-3H3,(H,16,17). The first-order valence-electron chi connectivity index (χ1n) is 6.79. The number of carbonyl (C=O) groups excluding carboxylic acids is 1. The Kier molecular flexibility index (Phi) is 3.91. The summed E-state index contributed by atoms with van der Waals surface area (Å²) in [5.41, 5.74) is 1.98. The van der Waals surface area contributed by atoms with E-state index in [4.69, 9.17) is 0 Å². The molecule has 0 spiro atoms. The fraction of sp³-hybridized carbons (Fsp3) is 0.533. The summed E-state index contributed by atoms with van der Waals surface area (Å²) in [6, 6.07) is 7.70. The molecule has 0 aliphatic carbocycles. The van der Waals surface area contributed by atoms with Gasteiger partial charge in [-0.2, -0.15) is 0 Å². The van der Waals surface area contributed by atoms with Crippen LogP contribution in [0.2, 0.25) is 0 Å². The van der Waals surface area contributed by atoms with Gasteiger partial charge in [0, 0.05) is 5.69 Å². The molecule has 1 amide bonds. The molecule has 0 radical (unpaired) electrons. The van der Waals surface area contributed by atoms with Crippen molar-refractivity contribution in [2.45, 2.75) is 32.6 Å². The summed E-state index contributed by atoms with van der Waals surface area (Å²) in [4.78, 5) is 12.0. The largest absolute Gasteiger partial charge is 0.326 e. The molecule has 0 bridgehead atoms.